The summed E-state index contributed by atoms with van der Waals surface area (Å²) >= 11 is 7.21. The first-order chi connectivity index (χ1) is 9.28. The third-order valence-electron chi connectivity index (χ3n) is 3.02. The van der Waals surface area contributed by atoms with Crippen molar-refractivity contribution in [2.24, 2.45) is 0 Å². The maximum absolute atomic E-state index is 3.52. The van der Waals surface area contributed by atoms with E-state index in [1.54, 1.807) is 11.3 Å². The Morgan fingerprint density at radius 3 is 2.95 bits per heavy atom. The molecule has 1 aromatic heterocycles. The lowest BCUT2D eigenvalue weighted by Crippen LogP contribution is -2.28. The number of thiophene rings is 1. The van der Waals surface area contributed by atoms with E-state index in [1.165, 1.54) is 16.9 Å². The summed E-state index contributed by atoms with van der Waals surface area (Å²) in [7, 11) is 2.06. The Morgan fingerprint density at radius 1 is 1.37 bits per heavy atom. The van der Waals surface area contributed by atoms with Gasteiger partial charge in [-0.2, -0.15) is 11.3 Å². The van der Waals surface area contributed by atoms with Crippen molar-refractivity contribution >= 4 is 39.0 Å². The van der Waals surface area contributed by atoms with Gasteiger partial charge >= 0.3 is 0 Å². The molecule has 0 fully saturated rings. The van der Waals surface area contributed by atoms with Crippen molar-refractivity contribution < 1.29 is 0 Å². The van der Waals surface area contributed by atoms with Crippen LogP contribution in [-0.4, -0.2) is 18.8 Å². The van der Waals surface area contributed by atoms with Crippen LogP contribution in [0.2, 0.25) is 0 Å². The Labute approximate surface area is 131 Å². The van der Waals surface area contributed by atoms with Crippen LogP contribution in [0.25, 0.3) is 0 Å². The summed E-state index contributed by atoms with van der Waals surface area (Å²) in [6.45, 7) is 0. The molecule has 0 saturated heterocycles. The van der Waals surface area contributed by atoms with Gasteiger partial charge < -0.3 is 5.32 Å². The molecule has 19 heavy (non-hydrogen) atoms. The Balaban J connectivity index is 1.79. The lowest BCUT2D eigenvalue weighted by atomic mass is 10.1. The van der Waals surface area contributed by atoms with Crippen molar-refractivity contribution in [1.29, 1.82) is 0 Å². The highest BCUT2D eigenvalue weighted by molar-refractivity contribution is 9.10. The first-order valence-electron chi connectivity index (χ1n) is 6.34. The van der Waals surface area contributed by atoms with Gasteiger partial charge in [-0.1, -0.05) is 22.0 Å². The molecule has 0 aliphatic rings. The molecule has 0 saturated carbocycles. The second kappa shape index (κ2) is 8.10. The molecule has 1 atom stereocenters. The molecule has 1 aromatic carbocycles. The highest BCUT2D eigenvalue weighted by Gasteiger charge is 2.07. The van der Waals surface area contributed by atoms with Crippen LogP contribution < -0.4 is 5.32 Å². The molecule has 0 bridgehead atoms. The van der Waals surface area contributed by atoms with Crippen molar-refractivity contribution in [3.63, 3.8) is 0 Å². The van der Waals surface area contributed by atoms with Crippen LogP contribution in [0, 0.1) is 0 Å². The van der Waals surface area contributed by atoms with Crippen LogP contribution in [0.4, 0.5) is 0 Å². The molecule has 0 spiro atoms. The monoisotopic (exact) mass is 355 g/mol. The molecule has 1 N–H and O–H groups in total. The molecular formula is C15H18BrNS2. The van der Waals surface area contributed by atoms with Gasteiger partial charge in [0.2, 0.25) is 0 Å². The number of nitrogens with one attached hydrogen (secondary N) is 1. The quantitative estimate of drug-likeness (QED) is 0.714. The fraction of sp³-hybridized carbons (Fsp3) is 0.333. The van der Waals surface area contributed by atoms with E-state index < -0.39 is 0 Å². The van der Waals surface area contributed by atoms with Crippen molar-refractivity contribution in [3.05, 3.63) is 51.1 Å². The van der Waals surface area contributed by atoms with Crippen molar-refractivity contribution in [2.75, 3.05) is 12.8 Å². The number of hydrogen-bond donors (Lipinski definition) is 1. The molecule has 4 heteroatoms. The molecule has 0 amide bonds. The maximum Gasteiger partial charge on any atom is 0.0186 e. The average Bonchev–Trinajstić information content (AvgIpc) is 2.92. The largest absolute Gasteiger partial charge is 0.316 e. The smallest absolute Gasteiger partial charge is 0.0186 e. The fourth-order valence-electron chi connectivity index (χ4n) is 1.84. The minimum absolute atomic E-state index is 0.559. The normalized spacial score (nSPS) is 12.5. The second-order valence-corrected chi connectivity index (χ2v) is 7.21. The number of aryl methyl sites for hydroxylation is 1. The first-order valence-corrected chi connectivity index (χ1v) is 9.07. The topological polar surface area (TPSA) is 12.0 Å². The van der Waals surface area contributed by atoms with E-state index in [1.807, 2.05) is 11.8 Å². The summed E-state index contributed by atoms with van der Waals surface area (Å²) in [4.78, 5) is 1.32. The molecule has 2 rings (SSSR count). The van der Waals surface area contributed by atoms with Crippen molar-refractivity contribution in [1.82, 2.24) is 5.32 Å². The molecule has 1 unspecified atom stereocenters. The highest BCUT2D eigenvalue weighted by Crippen LogP contribution is 2.23. The summed E-state index contributed by atoms with van der Waals surface area (Å²) in [5.74, 6) is 1.11. The summed E-state index contributed by atoms with van der Waals surface area (Å²) in [6, 6.07) is 11.3. The number of rotatable bonds is 7. The van der Waals surface area contributed by atoms with E-state index in [4.69, 9.17) is 0 Å². The molecule has 0 aliphatic heterocycles. The second-order valence-electron chi connectivity index (χ2n) is 4.42. The van der Waals surface area contributed by atoms with Crippen LogP contribution in [0.3, 0.4) is 0 Å². The predicted molar refractivity (Wildman–Crippen MR) is 90.4 cm³/mol. The van der Waals surface area contributed by atoms with Crippen molar-refractivity contribution in [2.45, 2.75) is 23.8 Å². The Kier molecular flexibility index (Phi) is 6.44. The summed E-state index contributed by atoms with van der Waals surface area (Å²) in [6.07, 6.45) is 2.35. The van der Waals surface area contributed by atoms with Gasteiger partial charge in [0.1, 0.15) is 0 Å². The number of halogens is 1. The number of hydrogen-bond acceptors (Lipinski definition) is 3. The Bertz CT molecular complexity index is 485. The zero-order chi connectivity index (χ0) is 13.5. The maximum atomic E-state index is 3.52. The highest BCUT2D eigenvalue weighted by atomic mass is 79.9. The van der Waals surface area contributed by atoms with Gasteiger partial charge in [-0.15, -0.1) is 11.8 Å². The van der Waals surface area contributed by atoms with E-state index in [0.717, 1.165) is 16.6 Å². The van der Waals surface area contributed by atoms with Gasteiger partial charge in [0.15, 0.2) is 0 Å². The van der Waals surface area contributed by atoms with Gasteiger partial charge in [0.25, 0.3) is 0 Å². The number of benzene rings is 1. The summed E-state index contributed by atoms with van der Waals surface area (Å²) in [5.41, 5.74) is 1.46. The van der Waals surface area contributed by atoms with Crippen molar-refractivity contribution in [3.8, 4) is 0 Å². The summed E-state index contributed by atoms with van der Waals surface area (Å²) < 4.78 is 1.15. The molecule has 0 aliphatic carbocycles. The van der Waals surface area contributed by atoms with E-state index in [0.29, 0.717) is 6.04 Å². The van der Waals surface area contributed by atoms with Crippen LogP contribution in [0.15, 0.2) is 50.5 Å². The lowest BCUT2D eigenvalue weighted by Gasteiger charge is -2.15. The minimum Gasteiger partial charge on any atom is -0.316 e. The van der Waals surface area contributed by atoms with E-state index in [2.05, 4.69) is 69.4 Å². The summed E-state index contributed by atoms with van der Waals surface area (Å²) in [5, 5.41) is 7.82. The zero-order valence-corrected chi connectivity index (χ0v) is 14.2. The van der Waals surface area contributed by atoms with E-state index in [9.17, 15) is 0 Å². The predicted octanol–water partition coefficient (Wildman–Crippen LogP) is 4.82. The average molecular weight is 356 g/mol. The van der Waals surface area contributed by atoms with Crippen LogP contribution in [0.1, 0.15) is 12.0 Å². The minimum atomic E-state index is 0.559. The van der Waals surface area contributed by atoms with Gasteiger partial charge in [0.05, 0.1) is 0 Å². The Morgan fingerprint density at radius 2 is 2.26 bits per heavy atom. The molecule has 2 aromatic rings. The standard InChI is InChI=1S/C15H18BrNS2/c1-17-14(6-5-12-7-8-18-10-12)11-19-15-4-2-3-13(16)9-15/h2-4,7-10,14,17H,5-6,11H2,1H3. The van der Waals surface area contributed by atoms with Gasteiger partial charge in [-0.05, 0) is 60.5 Å². The van der Waals surface area contributed by atoms with Gasteiger partial charge in [-0.25, -0.2) is 0 Å². The molecule has 1 nitrogen and oxygen atoms in total. The SMILES string of the molecule is CNC(CCc1ccsc1)CSc1cccc(Br)c1. The zero-order valence-electron chi connectivity index (χ0n) is 10.9. The van der Waals surface area contributed by atoms with Crippen LogP contribution >= 0.6 is 39.0 Å². The molecule has 102 valence electrons. The third-order valence-corrected chi connectivity index (χ3v) is 5.40. The first kappa shape index (κ1) is 15.1. The number of thioether (sulfide) groups is 1. The van der Waals surface area contributed by atoms with E-state index >= 15 is 0 Å². The van der Waals surface area contributed by atoms with Crippen LogP contribution in [0.5, 0.6) is 0 Å². The fourth-order valence-corrected chi connectivity index (χ4v) is 4.21. The van der Waals surface area contributed by atoms with Gasteiger partial charge in [0, 0.05) is 21.2 Å². The third kappa shape index (κ3) is 5.30. The molecular weight excluding hydrogens is 338 g/mol. The van der Waals surface area contributed by atoms with Gasteiger partial charge in [-0.3, -0.25) is 0 Å². The lowest BCUT2D eigenvalue weighted by molar-refractivity contribution is 0.573. The molecule has 0 radical (unpaired) electrons. The van der Waals surface area contributed by atoms with Crippen LogP contribution in [-0.2, 0) is 6.42 Å². The Hall–Kier alpha value is -0.290. The van der Waals surface area contributed by atoms with E-state index in [-0.39, 0.29) is 0 Å². The molecule has 1 heterocycles.